The van der Waals surface area contributed by atoms with Crippen LogP contribution in [-0.2, 0) is 29.2 Å². The molecule has 2 aliphatic carbocycles. The Morgan fingerprint density at radius 1 is 0.837 bits per heavy atom. The van der Waals surface area contributed by atoms with Gasteiger partial charge in [-0.2, -0.15) is 4.31 Å². The summed E-state index contributed by atoms with van der Waals surface area (Å²) in [5.41, 5.74) is -0.472. The number of sulfonamides is 1. The molecule has 0 spiro atoms. The molecule has 4 N–H and O–H groups in total. The van der Waals surface area contributed by atoms with Crippen molar-refractivity contribution in [2.75, 3.05) is 32.4 Å². The Bertz CT molecular complexity index is 1320. The van der Waals surface area contributed by atoms with E-state index in [1.807, 2.05) is 34.6 Å². The van der Waals surface area contributed by atoms with E-state index in [0.717, 1.165) is 51.4 Å². The Kier molecular flexibility index (Phi) is 13.2. The van der Waals surface area contributed by atoms with E-state index in [1.165, 1.54) is 11.4 Å². The van der Waals surface area contributed by atoms with Gasteiger partial charge in [-0.3, -0.25) is 19.2 Å². The second kappa shape index (κ2) is 16.5. The van der Waals surface area contributed by atoms with E-state index in [4.69, 9.17) is 0 Å². The smallest absolute Gasteiger partial charge is 0.315 e. The van der Waals surface area contributed by atoms with E-state index < -0.39 is 63.2 Å². The third-order valence-electron chi connectivity index (χ3n) is 11.1. The highest BCUT2D eigenvalue weighted by molar-refractivity contribution is 7.89. The molecule has 0 aromatic carbocycles. The number of urea groups is 1. The maximum atomic E-state index is 14.6. The van der Waals surface area contributed by atoms with Gasteiger partial charge >= 0.3 is 6.03 Å². The summed E-state index contributed by atoms with van der Waals surface area (Å²) in [6, 6.07) is -3.76. The molecule has 5 amide bonds. The van der Waals surface area contributed by atoms with Crippen LogP contribution in [0.1, 0.15) is 105 Å². The first-order valence-electron chi connectivity index (χ1n) is 18.4. The van der Waals surface area contributed by atoms with Crippen molar-refractivity contribution in [3.05, 3.63) is 0 Å². The van der Waals surface area contributed by atoms with Crippen LogP contribution in [-0.4, -0.2) is 104 Å². The third-order valence-corrected chi connectivity index (χ3v) is 13.0. The van der Waals surface area contributed by atoms with Crippen LogP contribution in [0.2, 0.25) is 0 Å². The van der Waals surface area contributed by atoms with Crippen molar-refractivity contribution < 1.29 is 32.4 Å². The van der Waals surface area contributed by atoms with Gasteiger partial charge in [0.15, 0.2) is 0 Å². The van der Waals surface area contributed by atoms with E-state index >= 15 is 0 Å². The van der Waals surface area contributed by atoms with Crippen molar-refractivity contribution in [1.29, 1.82) is 0 Å². The SMILES string of the molecule is CNC(=O)C(=O)C(CC1CC1)NC(=O)[C@@H]1[C@@H](C(C)C)CCN1C(=O)[C@@H](NC(=O)N[C@H](CN1CCCCS1(=O)=O)C(C)(C)C)C1CCCCC1. The van der Waals surface area contributed by atoms with Gasteiger partial charge in [-0.25, -0.2) is 13.2 Å². The second-order valence-electron chi connectivity index (χ2n) is 16.1. The van der Waals surface area contributed by atoms with Crippen molar-refractivity contribution in [3.8, 4) is 0 Å². The molecule has 2 saturated carbocycles. The lowest BCUT2D eigenvalue weighted by Gasteiger charge is -2.38. The van der Waals surface area contributed by atoms with E-state index in [0.29, 0.717) is 32.4 Å². The first-order chi connectivity index (χ1) is 23.0. The normalized spacial score (nSPS) is 25.2. The van der Waals surface area contributed by atoms with Crippen molar-refractivity contribution in [2.45, 2.75) is 129 Å². The number of carbonyl (C=O) groups is 5. The molecular weight excluding hydrogens is 648 g/mol. The van der Waals surface area contributed by atoms with Gasteiger partial charge < -0.3 is 26.2 Å². The highest BCUT2D eigenvalue weighted by Crippen LogP contribution is 2.36. The Morgan fingerprint density at radius 3 is 2.08 bits per heavy atom. The monoisotopic (exact) mass is 708 g/mol. The summed E-state index contributed by atoms with van der Waals surface area (Å²) >= 11 is 0. The molecule has 13 nitrogen and oxygen atoms in total. The van der Waals surface area contributed by atoms with Crippen LogP contribution in [0.25, 0.3) is 0 Å². The maximum absolute atomic E-state index is 14.6. The lowest BCUT2D eigenvalue weighted by molar-refractivity contribution is -0.144. The molecule has 1 unspecified atom stereocenters. The molecule has 2 aliphatic heterocycles. The molecule has 5 atom stereocenters. The summed E-state index contributed by atoms with van der Waals surface area (Å²) in [5.74, 6) is -2.09. The summed E-state index contributed by atoms with van der Waals surface area (Å²) in [4.78, 5) is 69.3. The highest BCUT2D eigenvalue weighted by Gasteiger charge is 2.47. The largest absolute Gasteiger partial charge is 0.353 e. The Balaban J connectivity index is 1.55. The van der Waals surface area contributed by atoms with Gasteiger partial charge in [0.25, 0.3) is 5.91 Å². The van der Waals surface area contributed by atoms with Crippen LogP contribution in [0.5, 0.6) is 0 Å². The number of nitrogens with one attached hydrogen (secondary N) is 4. The molecule has 14 heteroatoms. The quantitative estimate of drug-likeness (QED) is 0.213. The fraction of sp³-hybridized carbons (Fsp3) is 0.857. The van der Waals surface area contributed by atoms with Gasteiger partial charge in [0.1, 0.15) is 12.1 Å². The van der Waals surface area contributed by atoms with Crippen molar-refractivity contribution >= 4 is 39.6 Å². The summed E-state index contributed by atoms with van der Waals surface area (Å²) in [5, 5.41) is 11.2. The Hall–Kier alpha value is -2.74. The number of likely N-dealkylation sites (tertiary alicyclic amines) is 1. The molecule has 0 bridgehead atoms. The van der Waals surface area contributed by atoms with Crippen LogP contribution < -0.4 is 21.3 Å². The summed E-state index contributed by atoms with van der Waals surface area (Å²) in [7, 11) is -2.03. The number of amides is 5. The summed E-state index contributed by atoms with van der Waals surface area (Å²) in [6.07, 6.45) is 8.67. The third kappa shape index (κ3) is 10.2. The zero-order valence-corrected chi connectivity index (χ0v) is 31.2. The fourth-order valence-electron chi connectivity index (χ4n) is 7.71. The van der Waals surface area contributed by atoms with Crippen LogP contribution in [0.3, 0.4) is 0 Å². The lowest BCUT2D eigenvalue weighted by atomic mass is 9.82. The maximum Gasteiger partial charge on any atom is 0.315 e. The molecule has 0 aromatic heterocycles. The number of nitrogens with zero attached hydrogens (tertiary/aromatic N) is 2. The number of Topliss-reactive ketones (excluding diaryl/α,β-unsaturated/α-hetero) is 1. The molecule has 49 heavy (non-hydrogen) atoms. The molecule has 0 radical (unpaired) electrons. The predicted octanol–water partition coefficient (Wildman–Crippen LogP) is 2.55. The average Bonchev–Trinajstić information content (AvgIpc) is 3.75. The van der Waals surface area contributed by atoms with Gasteiger partial charge in [0.05, 0.1) is 11.8 Å². The van der Waals surface area contributed by atoms with Gasteiger partial charge in [0, 0.05) is 32.7 Å². The van der Waals surface area contributed by atoms with Crippen LogP contribution in [0.15, 0.2) is 0 Å². The fourth-order valence-corrected chi connectivity index (χ4v) is 9.32. The molecular formula is C35H60N6O7S. The second-order valence-corrected chi connectivity index (χ2v) is 18.2. The zero-order valence-electron chi connectivity index (χ0n) is 30.4. The molecule has 2 heterocycles. The van der Waals surface area contributed by atoms with Gasteiger partial charge in [-0.05, 0) is 67.6 Å². The molecule has 2 saturated heterocycles. The number of hydrogen-bond acceptors (Lipinski definition) is 7. The summed E-state index contributed by atoms with van der Waals surface area (Å²) < 4.78 is 27.1. The number of carbonyl (C=O) groups excluding carboxylic acids is 5. The first-order valence-corrected chi connectivity index (χ1v) is 20.1. The minimum atomic E-state index is -3.41. The van der Waals surface area contributed by atoms with Crippen LogP contribution >= 0.6 is 0 Å². The van der Waals surface area contributed by atoms with E-state index in [2.05, 4.69) is 21.3 Å². The number of ketones is 1. The minimum Gasteiger partial charge on any atom is -0.353 e. The minimum absolute atomic E-state index is 0.0630. The number of likely N-dealkylation sites (N-methyl/N-ethyl adjacent to an activating group) is 1. The number of hydrogen-bond donors (Lipinski definition) is 4. The Labute approximate surface area is 292 Å². The highest BCUT2D eigenvalue weighted by atomic mass is 32.2. The topological polar surface area (TPSA) is 174 Å². The summed E-state index contributed by atoms with van der Waals surface area (Å²) in [6.45, 7) is 10.7. The first kappa shape index (κ1) is 39.1. The molecule has 4 aliphatic rings. The van der Waals surface area contributed by atoms with Gasteiger partial charge in [-0.15, -0.1) is 0 Å². The van der Waals surface area contributed by atoms with Crippen molar-refractivity contribution in [2.24, 2.45) is 29.1 Å². The number of rotatable bonds is 13. The van der Waals surface area contributed by atoms with E-state index in [-0.39, 0.29) is 41.9 Å². The molecule has 4 rings (SSSR count). The van der Waals surface area contributed by atoms with Crippen molar-refractivity contribution in [3.63, 3.8) is 0 Å². The van der Waals surface area contributed by atoms with Gasteiger partial charge in [-0.1, -0.05) is 66.7 Å². The molecule has 4 fully saturated rings. The predicted molar refractivity (Wildman–Crippen MR) is 187 cm³/mol. The van der Waals surface area contributed by atoms with Crippen LogP contribution in [0.4, 0.5) is 4.79 Å². The lowest BCUT2D eigenvalue weighted by Crippen LogP contribution is -2.61. The van der Waals surface area contributed by atoms with Crippen molar-refractivity contribution in [1.82, 2.24) is 30.5 Å². The average molecular weight is 709 g/mol. The van der Waals surface area contributed by atoms with E-state index in [1.54, 1.807) is 4.90 Å². The zero-order chi connectivity index (χ0) is 36.1. The van der Waals surface area contributed by atoms with Crippen LogP contribution in [0, 0.1) is 29.1 Å². The van der Waals surface area contributed by atoms with Gasteiger partial charge in [0.2, 0.25) is 27.6 Å². The standard InChI is InChI=1S/C35H60N6O7S/c1-22(2)25-16-18-41(29(25)31(43)37-26(20-23-14-15-23)30(42)32(44)36-6)33(45)28(24-12-8-7-9-13-24)39-34(46)38-27(35(3,4)5)21-40-17-10-11-19-49(40,47)48/h22-29H,7-21H2,1-6H3,(H,36,44)(H,37,43)(H2,38,39,46)/t25-,26?,27-,28+,29+/m1/s1. The molecule has 278 valence electrons. The van der Waals surface area contributed by atoms with E-state index in [9.17, 15) is 32.4 Å². The molecule has 0 aromatic rings. The Morgan fingerprint density at radius 2 is 1.51 bits per heavy atom.